The molecule has 0 atom stereocenters. The van der Waals surface area contributed by atoms with E-state index in [0.29, 0.717) is 23.4 Å². The van der Waals surface area contributed by atoms with Crippen LogP contribution < -0.4 is 10.0 Å². The molecular weight excluding hydrogens is 432 g/mol. The Morgan fingerprint density at radius 3 is 2.33 bits per heavy atom. The molecule has 0 bridgehead atoms. The number of carbonyl (C=O) groups is 1. The van der Waals surface area contributed by atoms with E-state index in [9.17, 15) is 13.2 Å². The number of carbonyl (C=O) groups excluding carboxylic acids is 1. The molecular formula is C27H26N2O3S. The van der Waals surface area contributed by atoms with Gasteiger partial charge in [-0.15, -0.1) is 0 Å². The van der Waals surface area contributed by atoms with Crippen molar-refractivity contribution in [3.63, 3.8) is 0 Å². The first kappa shape index (κ1) is 22.6. The van der Waals surface area contributed by atoms with E-state index in [0.717, 1.165) is 27.5 Å². The maximum Gasteiger partial charge on any atom is 0.262 e. The summed E-state index contributed by atoms with van der Waals surface area (Å²) in [5.74, 6) is -0.327. The van der Waals surface area contributed by atoms with E-state index in [1.807, 2.05) is 68.4 Å². The number of fused-ring (bicyclic) bond motifs is 1. The van der Waals surface area contributed by atoms with Crippen LogP contribution in [0.5, 0.6) is 0 Å². The van der Waals surface area contributed by atoms with Crippen LogP contribution in [-0.4, -0.2) is 14.3 Å². The largest absolute Gasteiger partial charge is 0.348 e. The van der Waals surface area contributed by atoms with Gasteiger partial charge in [0.25, 0.3) is 15.9 Å². The van der Waals surface area contributed by atoms with Gasteiger partial charge in [0.1, 0.15) is 0 Å². The zero-order valence-corrected chi connectivity index (χ0v) is 19.7. The molecule has 0 saturated carbocycles. The Morgan fingerprint density at radius 2 is 1.55 bits per heavy atom. The summed E-state index contributed by atoms with van der Waals surface area (Å²) in [6.45, 7) is 5.87. The normalized spacial score (nSPS) is 11.4. The molecule has 0 heterocycles. The quantitative estimate of drug-likeness (QED) is 0.401. The van der Waals surface area contributed by atoms with Gasteiger partial charge in [-0.1, -0.05) is 54.6 Å². The third kappa shape index (κ3) is 4.91. The number of anilines is 1. The maximum absolute atomic E-state index is 13.1. The molecule has 2 N–H and O–H groups in total. The predicted molar refractivity (Wildman–Crippen MR) is 133 cm³/mol. The van der Waals surface area contributed by atoms with E-state index in [1.54, 1.807) is 25.1 Å². The molecule has 0 aliphatic carbocycles. The van der Waals surface area contributed by atoms with Gasteiger partial charge in [-0.3, -0.25) is 9.52 Å². The minimum Gasteiger partial charge on any atom is -0.348 e. The molecule has 0 aromatic heterocycles. The second kappa shape index (κ2) is 9.08. The highest BCUT2D eigenvalue weighted by molar-refractivity contribution is 7.92. The molecule has 0 radical (unpaired) electrons. The number of benzene rings is 4. The fourth-order valence-corrected chi connectivity index (χ4v) is 5.12. The Hall–Kier alpha value is -3.64. The number of amides is 1. The lowest BCUT2D eigenvalue weighted by Crippen LogP contribution is -2.23. The summed E-state index contributed by atoms with van der Waals surface area (Å²) in [5.41, 5.74) is 4.22. The highest BCUT2D eigenvalue weighted by Gasteiger charge is 2.20. The number of nitrogens with one attached hydrogen (secondary N) is 2. The first-order valence-corrected chi connectivity index (χ1v) is 12.2. The van der Waals surface area contributed by atoms with Crippen molar-refractivity contribution >= 4 is 32.4 Å². The van der Waals surface area contributed by atoms with Gasteiger partial charge >= 0.3 is 0 Å². The van der Waals surface area contributed by atoms with E-state index in [2.05, 4.69) is 10.0 Å². The minimum atomic E-state index is -3.86. The van der Waals surface area contributed by atoms with Crippen LogP contribution in [0.25, 0.3) is 10.8 Å². The number of rotatable bonds is 6. The fraction of sp³-hybridized carbons (Fsp3) is 0.148. The fourth-order valence-electron chi connectivity index (χ4n) is 3.73. The van der Waals surface area contributed by atoms with Crippen LogP contribution in [0.1, 0.15) is 32.6 Å². The number of aryl methyl sites for hydroxylation is 2. The monoisotopic (exact) mass is 458 g/mol. The van der Waals surface area contributed by atoms with Crippen molar-refractivity contribution in [3.05, 3.63) is 107 Å². The highest BCUT2D eigenvalue weighted by Crippen LogP contribution is 2.24. The summed E-state index contributed by atoms with van der Waals surface area (Å²) in [4.78, 5) is 12.9. The third-order valence-corrected chi connectivity index (χ3v) is 7.36. The zero-order valence-electron chi connectivity index (χ0n) is 18.8. The van der Waals surface area contributed by atoms with Gasteiger partial charge in [-0.05, 0) is 78.1 Å². The van der Waals surface area contributed by atoms with Gasteiger partial charge in [0.15, 0.2) is 0 Å². The van der Waals surface area contributed by atoms with Crippen molar-refractivity contribution in [3.8, 4) is 0 Å². The molecule has 33 heavy (non-hydrogen) atoms. The van der Waals surface area contributed by atoms with Crippen molar-refractivity contribution in [2.75, 3.05) is 4.72 Å². The molecule has 0 fully saturated rings. The molecule has 0 aliphatic rings. The third-order valence-electron chi connectivity index (χ3n) is 5.86. The second-order valence-corrected chi connectivity index (χ2v) is 9.85. The minimum absolute atomic E-state index is 0.0850. The van der Waals surface area contributed by atoms with Gasteiger partial charge in [-0.25, -0.2) is 8.42 Å². The molecule has 0 aliphatic heterocycles. The molecule has 4 aromatic carbocycles. The number of sulfonamides is 1. The molecule has 4 aromatic rings. The van der Waals surface area contributed by atoms with E-state index in [-0.39, 0.29) is 10.8 Å². The molecule has 168 valence electrons. The summed E-state index contributed by atoms with van der Waals surface area (Å²) >= 11 is 0. The summed E-state index contributed by atoms with van der Waals surface area (Å²) in [6.07, 6.45) is 0. The van der Waals surface area contributed by atoms with E-state index in [4.69, 9.17) is 0 Å². The lowest BCUT2D eigenvalue weighted by Gasteiger charge is -2.14. The smallest absolute Gasteiger partial charge is 0.262 e. The Labute approximate surface area is 194 Å². The Kier molecular flexibility index (Phi) is 6.20. The molecule has 0 unspecified atom stereocenters. The Bertz CT molecular complexity index is 1460. The molecule has 0 spiro atoms. The van der Waals surface area contributed by atoms with Crippen LogP contribution in [0.4, 0.5) is 5.69 Å². The lowest BCUT2D eigenvalue weighted by atomic mass is 10.1. The van der Waals surface area contributed by atoms with Crippen LogP contribution in [0.15, 0.2) is 83.8 Å². The topological polar surface area (TPSA) is 75.3 Å². The van der Waals surface area contributed by atoms with Crippen molar-refractivity contribution in [2.45, 2.75) is 32.2 Å². The zero-order chi connectivity index (χ0) is 23.6. The summed E-state index contributed by atoms with van der Waals surface area (Å²) in [6, 6.07) is 24.3. The van der Waals surface area contributed by atoms with Crippen LogP contribution in [0, 0.1) is 20.8 Å². The first-order chi connectivity index (χ1) is 15.7. The molecule has 0 saturated heterocycles. The summed E-state index contributed by atoms with van der Waals surface area (Å²) in [5, 5.41) is 5.13. The lowest BCUT2D eigenvalue weighted by molar-refractivity contribution is 0.0950. The van der Waals surface area contributed by atoms with Crippen molar-refractivity contribution in [1.82, 2.24) is 5.32 Å². The van der Waals surface area contributed by atoms with Gasteiger partial charge < -0.3 is 5.32 Å². The van der Waals surface area contributed by atoms with E-state index in [1.165, 1.54) is 6.07 Å². The predicted octanol–water partition coefficient (Wildman–Crippen LogP) is 5.50. The Morgan fingerprint density at radius 1 is 0.788 bits per heavy atom. The molecule has 4 rings (SSSR count). The van der Waals surface area contributed by atoms with Crippen LogP contribution in [0.2, 0.25) is 0 Å². The summed E-state index contributed by atoms with van der Waals surface area (Å²) in [7, 11) is -3.86. The second-order valence-electron chi connectivity index (χ2n) is 8.20. The van der Waals surface area contributed by atoms with E-state index >= 15 is 0 Å². The first-order valence-electron chi connectivity index (χ1n) is 10.7. The molecule has 5 nitrogen and oxygen atoms in total. The van der Waals surface area contributed by atoms with Gasteiger partial charge in [0, 0.05) is 12.1 Å². The summed E-state index contributed by atoms with van der Waals surface area (Å²) < 4.78 is 28.9. The average molecular weight is 459 g/mol. The van der Waals surface area contributed by atoms with Crippen LogP contribution >= 0.6 is 0 Å². The SMILES string of the molecule is Cc1ccc(C(=O)NCc2ccc3ccccc3c2)cc1S(=O)(=O)Nc1cccc(C)c1C. The van der Waals surface area contributed by atoms with Crippen molar-refractivity contribution in [1.29, 1.82) is 0 Å². The van der Waals surface area contributed by atoms with Gasteiger partial charge in [-0.2, -0.15) is 0 Å². The average Bonchev–Trinajstić information content (AvgIpc) is 2.80. The van der Waals surface area contributed by atoms with Crippen molar-refractivity contribution < 1.29 is 13.2 Å². The van der Waals surface area contributed by atoms with E-state index < -0.39 is 10.0 Å². The number of hydrogen-bond donors (Lipinski definition) is 2. The van der Waals surface area contributed by atoms with Gasteiger partial charge in [0.05, 0.1) is 10.6 Å². The van der Waals surface area contributed by atoms with Crippen molar-refractivity contribution in [2.24, 2.45) is 0 Å². The van der Waals surface area contributed by atoms with Gasteiger partial charge in [0.2, 0.25) is 0 Å². The Balaban J connectivity index is 1.54. The number of hydrogen-bond acceptors (Lipinski definition) is 3. The van der Waals surface area contributed by atoms with Crippen LogP contribution in [-0.2, 0) is 16.6 Å². The molecule has 6 heteroatoms. The van der Waals surface area contributed by atoms with Crippen LogP contribution in [0.3, 0.4) is 0 Å². The standard InChI is InChI=1S/C27H26N2O3S/c1-18-7-6-10-25(20(18)3)29-33(31,32)26-16-24(13-11-19(26)2)27(30)28-17-21-12-14-22-8-4-5-9-23(22)15-21/h4-16,29H,17H2,1-3H3,(H,28,30). The maximum atomic E-state index is 13.1. The highest BCUT2D eigenvalue weighted by atomic mass is 32.2. The molecule has 1 amide bonds.